The molecule has 1 N–H and O–H groups in total. The van der Waals surface area contributed by atoms with Crippen molar-refractivity contribution in [3.63, 3.8) is 0 Å². The molecule has 2 rings (SSSR count). The molecule has 0 amide bonds. The van der Waals surface area contributed by atoms with Gasteiger partial charge in [0.2, 0.25) is 0 Å². The third-order valence-corrected chi connectivity index (χ3v) is 3.87. The zero-order valence-electron chi connectivity index (χ0n) is 13.3. The van der Waals surface area contributed by atoms with Gasteiger partial charge in [0.1, 0.15) is 5.60 Å². The molecular formula is C18H26O3. The summed E-state index contributed by atoms with van der Waals surface area (Å²) in [4.78, 5) is 11.8. The monoisotopic (exact) mass is 290 g/mol. The lowest BCUT2D eigenvalue weighted by Gasteiger charge is -2.26. The summed E-state index contributed by atoms with van der Waals surface area (Å²) >= 11 is 0. The summed E-state index contributed by atoms with van der Waals surface area (Å²) in [5, 5.41) is 9.76. The molecule has 3 heteroatoms. The minimum absolute atomic E-state index is 0.162. The van der Waals surface area contributed by atoms with Crippen LogP contribution >= 0.6 is 0 Å². The zero-order valence-corrected chi connectivity index (χ0v) is 13.3. The Balaban J connectivity index is 1.94. The van der Waals surface area contributed by atoms with Crippen LogP contribution in [0.4, 0.5) is 0 Å². The highest BCUT2D eigenvalue weighted by atomic mass is 16.6. The molecule has 1 saturated carbocycles. The maximum absolute atomic E-state index is 11.8. The van der Waals surface area contributed by atoms with E-state index < -0.39 is 5.60 Å². The number of aliphatic hydroxyl groups excluding tert-OH is 1. The first kappa shape index (κ1) is 16.0. The van der Waals surface area contributed by atoms with Gasteiger partial charge >= 0.3 is 5.97 Å². The Bertz CT molecular complexity index is 470. The molecule has 1 aliphatic carbocycles. The van der Waals surface area contributed by atoms with Crippen molar-refractivity contribution in [3.05, 3.63) is 35.4 Å². The number of carbonyl (C=O) groups is 1. The number of carbonyl (C=O) groups excluding carboxylic acids is 1. The second-order valence-corrected chi connectivity index (χ2v) is 7.02. The van der Waals surface area contributed by atoms with Crippen LogP contribution in [0, 0.1) is 0 Å². The topological polar surface area (TPSA) is 46.5 Å². The highest BCUT2D eigenvalue weighted by Crippen LogP contribution is 2.32. The molecule has 0 saturated heterocycles. The number of rotatable bonds is 3. The Morgan fingerprint density at radius 3 is 2.48 bits per heavy atom. The first-order valence-electron chi connectivity index (χ1n) is 7.82. The van der Waals surface area contributed by atoms with E-state index in [1.807, 2.05) is 32.9 Å². The first-order valence-corrected chi connectivity index (χ1v) is 7.82. The van der Waals surface area contributed by atoms with Gasteiger partial charge in [0, 0.05) is 0 Å². The van der Waals surface area contributed by atoms with E-state index >= 15 is 0 Å². The van der Waals surface area contributed by atoms with E-state index in [-0.39, 0.29) is 12.1 Å². The van der Waals surface area contributed by atoms with E-state index in [0.29, 0.717) is 12.3 Å². The SMILES string of the molecule is CC(C)(C)OC(=O)Cc1ccc(C2CCCC(O)C2)cc1. The highest BCUT2D eigenvalue weighted by Gasteiger charge is 2.21. The van der Waals surface area contributed by atoms with Crippen molar-refractivity contribution in [2.45, 2.75) is 70.5 Å². The summed E-state index contributed by atoms with van der Waals surface area (Å²) in [5.41, 5.74) is 1.81. The summed E-state index contributed by atoms with van der Waals surface area (Å²) in [7, 11) is 0. The van der Waals surface area contributed by atoms with Gasteiger partial charge in [-0.2, -0.15) is 0 Å². The molecule has 0 bridgehead atoms. The highest BCUT2D eigenvalue weighted by molar-refractivity contribution is 5.73. The number of hydrogen-bond donors (Lipinski definition) is 1. The van der Waals surface area contributed by atoms with Crippen molar-refractivity contribution in [1.29, 1.82) is 0 Å². The van der Waals surface area contributed by atoms with Crippen LogP contribution in [0.25, 0.3) is 0 Å². The van der Waals surface area contributed by atoms with Crippen LogP contribution in [0.3, 0.4) is 0 Å². The van der Waals surface area contributed by atoms with Gasteiger partial charge in [0.15, 0.2) is 0 Å². The molecule has 2 unspecified atom stereocenters. The molecule has 0 aromatic heterocycles. The number of aliphatic hydroxyl groups is 1. The van der Waals surface area contributed by atoms with Crippen LogP contribution < -0.4 is 0 Å². The Hall–Kier alpha value is -1.35. The van der Waals surface area contributed by atoms with Crippen molar-refractivity contribution < 1.29 is 14.6 Å². The van der Waals surface area contributed by atoms with E-state index in [0.717, 1.165) is 31.2 Å². The van der Waals surface area contributed by atoms with Crippen LogP contribution in [-0.4, -0.2) is 22.8 Å². The second kappa shape index (κ2) is 6.61. The van der Waals surface area contributed by atoms with Gasteiger partial charge in [-0.1, -0.05) is 30.7 Å². The summed E-state index contributed by atoms with van der Waals surface area (Å²) in [5.74, 6) is 0.257. The van der Waals surface area contributed by atoms with Crippen molar-refractivity contribution in [3.8, 4) is 0 Å². The molecule has 0 aliphatic heterocycles. The molecule has 1 aromatic rings. The summed E-state index contributed by atoms with van der Waals surface area (Å²) in [6.45, 7) is 5.63. The van der Waals surface area contributed by atoms with Gasteiger partial charge in [0.05, 0.1) is 12.5 Å². The lowest BCUT2D eigenvalue weighted by molar-refractivity contribution is -0.153. The van der Waals surface area contributed by atoms with Crippen LogP contribution in [0.2, 0.25) is 0 Å². The van der Waals surface area contributed by atoms with E-state index in [9.17, 15) is 9.90 Å². The van der Waals surface area contributed by atoms with E-state index in [1.54, 1.807) is 0 Å². The third-order valence-electron chi connectivity index (χ3n) is 3.87. The molecule has 0 heterocycles. The van der Waals surface area contributed by atoms with E-state index in [4.69, 9.17) is 4.74 Å². The second-order valence-electron chi connectivity index (χ2n) is 7.02. The van der Waals surface area contributed by atoms with Crippen molar-refractivity contribution in [2.75, 3.05) is 0 Å². The lowest BCUT2D eigenvalue weighted by Crippen LogP contribution is -2.24. The quantitative estimate of drug-likeness (QED) is 0.865. The largest absolute Gasteiger partial charge is 0.460 e. The number of esters is 1. The average Bonchev–Trinajstić information content (AvgIpc) is 2.37. The fourth-order valence-electron chi connectivity index (χ4n) is 2.92. The minimum Gasteiger partial charge on any atom is -0.460 e. The Morgan fingerprint density at radius 2 is 1.90 bits per heavy atom. The average molecular weight is 290 g/mol. The Morgan fingerprint density at radius 1 is 1.24 bits per heavy atom. The molecule has 116 valence electrons. The Kier molecular flexibility index (Phi) is 5.04. The van der Waals surface area contributed by atoms with E-state index in [2.05, 4.69) is 12.1 Å². The fraction of sp³-hybridized carbons (Fsp3) is 0.611. The molecule has 1 aliphatic rings. The van der Waals surface area contributed by atoms with Crippen molar-refractivity contribution in [1.82, 2.24) is 0 Å². The standard InChI is InChI=1S/C18H26O3/c1-18(2,3)21-17(20)11-13-7-9-14(10-8-13)15-5-4-6-16(19)12-15/h7-10,15-16,19H,4-6,11-12H2,1-3H3. The fourth-order valence-corrected chi connectivity index (χ4v) is 2.92. The van der Waals surface area contributed by atoms with Crippen LogP contribution in [-0.2, 0) is 16.0 Å². The summed E-state index contributed by atoms with van der Waals surface area (Å²) < 4.78 is 5.33. The lowest BCUT2D eigenvalue weighted by atomic mass is 9.82. The van der Waals surface area contributed by atoms with Gasteiger partial charge in [-0.15, -0.1) is 0 Å². The first-order chi connectivity index (χ1) is 9.83. The van der Waals surface area contributed by atoms with Crippen LogP contribution in [0.1, 0.15) is 63.5 Å². The minimum atomic E-state index is -0.435. The predicted molar refractivity (Wildman–Crippen MR) is 83.2 cm³/mol. The zero-order chi connectivity index (χ0) is 15.5. The van der Waals surface area contributed by atoms with Crippen molar-refractivity contribution >= 4 is 5.97 Å². The molecule has 2 atom stereocenters. The maximum atomic E-state index is 11.8. The smallest absolute Gasteiger partial charge is 0.310 e. The van der Waals surface area contributed by atoms with Gasteiger partial charge in [0.25, 0.3) is 0 Å². The normalized spacial score (nSPS) is 22.9. The third kappa shape index (κ3) is 5.16. The van der Waals surface area contributed by atoms with Crippen LogP contribution in [0.15, 0.2) is 24.3 Å². The number of ether oxygens (including phenoxy) is 1. The van der Waals surface area contributed by atoms with Crippen LogP contribution in [0.5, 0.6) is 0 Å². The summed E-state index contributed by atoms with van der Waals surface area (Å²) in [6.07, 6.45) is 4.16. The molecular weight excluding hydrogens is 264 g/mol. The van der Waals surface area contributed by atoms with Gasteiger partial charge in [-0.3, -0.25) is 4.79 Å². The summed E-state index contributed by atoms with van der Waals surface area (Å²) in [6, 6.07) is 8.17. The maximum Gasteiger partial charge on any atom is 0.310 e. The molecule has 3 nitrogen and oxygen atoms in total. The van der Waals surface area contributed by atoms with Crippen molar-refractivity contribution in [2.24, 2.45) is 0 Å². The molecule has 1 aromatic carbocycles. The molecule has 0 spiro atoms. The molecule has 21 heavy (non-hydrogen) atoms. The predicted octanol–water partition coefficient (Wildman–Crippen LogP) is 3.59. The molecule has 0 radical (unpaired) electrons. The Labute approximate surface area is 127 Å². The van der Waals surface area contributed by atoms with Gasteiger partial charge < -0.3 is 9.84 Å². The number of benzene rings is 1. The number of hydrogen-bond acceptors (Lipinski definition) is 3. The van der Waals surface area contributed by atoms with Gasteiger partial charge in [-0.05, 0) is 57.1 Å². The van der Waals surface area contributed by atoms with E-state index in [1.165, 1.54) is 5.56 Å². The molecule has 1 fully saturated rings. The van der Waals surface area contributed by atoms with Gasteiger partial charge in [-0.25, -0.2) is 0 Å².